The maximum Gasteiger partial charge on any atom is 0.304 e. The Hall–Kier alpha value is -0.700. The van der Waals surface area contributed by atoms with Crippen molar-refractivity contribution in [2.75, 3.05) is 20.2 Å². The van der Waals surface area contributed by atoms with Crippen molar-refractivity contribution in [2.24, 2.45) is 0 Å². The zero-order valence-corrected chi connectivity index (χ0v) is 10.7. The van der Waals surface area contributed by atoms with E-state index in [1.807, 2.05) is 0 Å². The van der Waals surface area contributed by atoms with Crippen molar-refractivity contribution in [3.05, 3.63) is 0 Å². The van der Waals surface area contributed by atoms with Crippen LogP contribution in [0.25, 0.3) is 0 Å². The molecule has 100 valence electrons. The number of aliphatic carboxylic acids is 1. The van der Waals surface area contributed by atoms with Crippen LogP contribution in [0.5, 0.6) is 0 Å². The van der Waals surface area contributed by atoms with Gasteiger partial charge in [-0.05, 0) is 13.3 Å². The van der Waals surface area contributed by atoms with Crippen LogP contribution in [0.4, 0.5) is 0 Å². The van der Waals surface area contributed by atoms with Crippen molar-refractivity contribution in [1.82, 2.24) is 9.03 Å². The lowest BCUT2D eigenvalue weighted by Gasteiger charge is -2.21. The van der Waals surface area contributed by atoms with Crippen molar-refractivity contribution in [2.45, 2.75) is 31.9 Å². The summed E-state index contributed by atoms with van der Waals surface area (Å²) in [6, 6.07) is -0.243. The molecule has 1 aliphatic rings. The molecule has 0 radical (unpaired) electrons. The Morgan fingerprint density at radius 3 is 2.71 bits per heavy atom. The first-order chi connectivity index (χ1) is 7.83. The lowest BCUT2D eigenvalue weighted by atomic mass is 10.2. The minimum Gasteiger partial charge on any atom is -0.481 e. The van der Waals surface area contributed by atoms with E-state index in [1.165, 1.54) is 7.05 Å². The van der Waals surface area contributed by atoms with Crippen LogP contribution >= 0.6 is 0 Å². The molecule has 0 aliphatic carbocycles. The van der Waals surface area contributed by atoms with Crippen LogP contribution in [0.15, 0.2) is 0 Å². The molecule has 0 amide bonds. The standard InChI is InChI=1S/C9H18N2O5S/c1-7-8(4-6-16-7)10-17(14,15)11(2)5-3-9(12)13/h7-8,10H,3-6H2,1-2H3,(H,12,13). The molecule has 0 saturated carbocycles. The van der Waals surface area contributed by atoms with Crippen LogP contribution in [-0.4, -0.2) is 56.1 Å². The van der Waals surface area contributed by atoms with Gasteiger partial charge in [0, 0.05) is 20.2 Å². The number of hydrogen-bond acceptors (Lipinski definition) is 4. The zero-order valence-electron chi connectivity index (χ0n) is 9.92. The summed E-state index contributed by atoms with van der Waals surface area (Å²) in [5.41, 5.74) is 0. The first-order valence-corrected chi connectivity index (χ1v) is 6.84. The third-order valence-electron chi connectivity index (χ3n) is 2.73. The van der Waals surface area contributed by atoms with E-state index in [9.17, 15) is 13.2 Å². The molecule has 0 aromatic rings. The molecule has 0 aromatic carbocycles. The molecule has 1 aliphatic heterocycles. The molecule has 8 heteroatoms. The molecule has 2 unspecified atom stereocenters. The van der Waals surface area contributed by atoms with Gasteiger partial charge >= 0.3 is 5.97 Å². The largest absolute Gasteiger partial charge is 0.481 e. The fourth-order valence-electron chi connectivity index (χ4n) is 1.54. The molecule has 1 heterocycles. The van der Waals surface area contributed by atoms with Gasteiger partial charge in [0.1, 0.15) is 0 Å². The molecule has 1 fully saturated rings. The average Bonchev–Trinajstić information content (AvgIpc) is 2.60. The van der Waals surface area contributed by atoms with Crippen LogP contribution in [0.3, 0.4) is 0 Å². The van der Waals surface area contributed by atoms with Crippen molar-refractivity contribution < 1.29 is 23.1 Å². The molecular formula is C9H18N2O5S. The summed E-state index contributed by atoms with van der Waals surface area (Å²) in [4.78, 5) is 10.4. The number of nitrogens with zero attached hydrogens (tertiary/aromatic N) is 1. The molecule has 17 heavy (non-hydrogen) atoms. The highest BCUT2D eigenvalue weighted by atomic mass is 32.2. The minimum absolute atomic E-state index is 0.0490. The number of carboxylic acid groups (broad SMARTS) is 1. The lowest BCUT2D eigenvalue weighted by molar-refractivity contribution is -0.137. The lowest BCUT2D eigenvalue weighted by Crippen LogP contribution is -2.46. The number of nitrogens with one attached hydrogen (secondary N) is 1. The van der Waals surface area contributed by atoms with Crippen molar-refractivity contribution in [3.63, 3.8) is 0 Å². The van der Waals surface area contributed by atoms with E-state index in [0.717, 1.165) is 4.31 Å². The highest BCUT2D eigenvalue weighted by molar-refractivity contribution is 7.87. The Kier molecular flexibility index (Phi) is 4.87. The second-order valence-electron chi connectivity index (χ2n) is 4.06. The Morgan fingerprint density at radius 2 is 2.24 bits per heavy atom. The Morgan fingerprint density at radius 1 is 1.59 bits per heavy atom. The van der Waals surface area contributed by atoms with Crippen LogP contribution in [0, 0.1) is 0 Å². The molecule has 0 spiro atoms. The highest BCUT2D eigenvalue weighted by Gasteiger charge is 2.30. The van der Waals surface area contributed by atoms with E-state index in [1.54, 1.807) is 6.92 Å². The van der Waals surface area contributed by atoms with Gasteiger partial charge in [0.05, 0.1) is 18.6 Å². The summed E-state index contributed by atoms with van der Waals surface area (Å²) in [6.07, 6.45) is 0.263. The molecular weight excluding hydrogens is 248 g/mol. The van der Waals surface area contributed by atoms with E-state index >= 15 is 0 Å². The second-order valence-corrected chi connectivity index (χ2v) is 5.87. The quantitative estimate of drug-likeness (QED) is 0.669. The van der Waals surface area contributed by atoms with Crippen LogP contribution in [0.1, 0.15) is 19.8 Å². The number of rotatable bonds is 6. The van der Waals surface area contributed by atoms with E-state index in [0.29, 0.717) is 13.0 Å². The number of carboxylic acids is 1. The predicted octanol–water partition coefficient (Wildman–Crippen LogP) is -0.595. The molecule has 1 rings (SSSR count). The van der Waals surface area contributed by atoms with Crippen LogP contribution < -0.4 is 4.72 Å². The molecule has 1 saturated heterocycles. The molecule has 0 bridgehead atoms. The van der Waals surface area contributed by atoms with Gasteiger partial charge in [0.2, 0.25) is 0 Å². The third kappa shape index (κ3) is 4.23. The summed E-state index contributed by atoms with van der Waals surface area (Å²) in [6.45, 7) is 2.29. The van der Waals surface area contributed by atoms with Gasteiger partial charge < -0.3 is 9.84 Å². The Balaban J connectivity index is 2.52. The van der Waals surface area contributed by atoms with Gasteiger partial charge in [-0.3, -0.25) is 4.79 Å². The van der Waals surface area contributed by atoms with Gasteiger partial charge in [-0.15, -0.1) is 0 Å². The average molecular weight is 266 g/mol. The molecule has 0 aromatic heterocycles. The maximum atomic E-state index is 11.8. The van der Waals surface area contributed by atoms with Gasteiger partial charge in [-0.25, -0.2) is 0 Å². The smallest absolute Gasteiger partial charge is 0.304 e. The summed E-state index contributed by atoms with van der Waals surface area (Å²) in [7, 11) is -2.28. The summed E-state index contributed by atoms with van der Waals surface area (Å²) in [5, 5.41) is 8.49. The Bertz CT molecular complexity index is 370. The Labute approximate surface area is 101 Å². The molecule has 7 nitrogen and oxygen atoms in total. The van der Waals surface area contributed by atoms with E-state index < -0.39 is 16.2 Å². The number of ether oxygens (including phenoxy) is 1. The van der Waals surface area contributed by atoms with Crippen molar-refractivity contribution in [1.29, 1.82) is 0 Å². The van der Waals surface area contributed by atoms with Gasteiger partial charge in [0.25, 0.3) is 10.2 Å². The zero-order chi connectivity index (χ0) is 13.1. The topological polar surface area (TPSA) is 95.9 Å². The van der Waals surface area contributed by atoms with Gasteiger partial charge in [-0.1, -0.05) is 0 Å². The minimum atomic E-state index is -3.63. The summed E-state index contributed by atoms with van der Waals surface area (Å²) in [5.74, 6) is -1.02. The van der Waals surface area contributed by atoms with Gasteiger partial charge in [-0.2, -0.15) is 17.4 Å². The molecule has 2 N–H and O–H groups in total. The maximum absolute atomic E-state index is 11.8. The SMILES string of the molecule is CC1OCCC1NS(=O)(=O)N(C)CCC(=O)O. The number of hydrogen-bond donors (Lipinski definition) is 2. The van der Waals surface area contributed by atoms with Crippen molar-refractivity contribution >= 4 is 16.2 Å². The van der Waals surface area contributed by atoms with Crippen LogP contribution in [-0.2, 0) is 19.7 Å². The fourth-order valence-corrected chi connectivity index (χ4v) is 2.74. The second kappa shape index (κ2) is 5.76. The van der Waals surface area contributed by atoms with E-state index in [4.69, 9.17) is 9.84 Å². The summed E-state index contributed by atoms with van der Waals surface area (Å²) < 4.78 is 32.4. The van der Waals surface area contributed by atoms with Gasteiger partial charge in [0.15, 0.2) is 0 Å². The summed E-state index contributed by atoms with van der Waals surface area (Å²) >= 11 is 0. The van der Waals surface area contributed by atoms with Crippen LogP contribution in [0.2, 0.25) is 0 Å². The highest BCUT2D eigenvalue weighted by Crippen LogP contribution is 2.14. The predicted molar refractivity (Wildman–Crippen MR) is 60.8 cm³/mol. The van der Waals surface area contributed by atoms with E-state index in [2.05, 4.69) is 4.72 Å². The first-order valence-electron chi connectivity index (χ1n) is 5.40. The third-order valence-corrected chi connectivity index (χ3v) is 4.33. The van der Waals surface area contributed by atoms with Crippen molar-refractivity contribution in [3.8, 4) is 0 Å². The fraction of sp³-hybridized carbons (Fsp3) is 0.889. The normalized spacial score (nSPS) is 25.4. The monoisotopic (exact) mass is 266 g/mol. The first kappa shape index (κ1) is 14.4. The van der Waals surface area contributed by atoms with E-state index in [-0.39, 0.29) is 25.1 Å². The number of carbonyl (C=O) groups is 1. The molecule has 2 atom stereocenters.